The summed E-state index contributed by atoms with van der Waals surface area (Å²) in [4.78, 5) is 10.5. The lowest BCUT2D eigenvalue weighted by Crippen LogP contribution is -1.86. The molecule has 114 valence electrons. The Balaban J connectivity index is 2.93. The van der Waals surface area contributed by atoms with Crippen LogP contribution in [0.15, 0.2) is 0 Å². The average molecular weight is 354 g/mol. The average Bonchev–Trinajstić information content (AvgIpc) is 2.39. The molecule has 0 amide bonds. The van der Waals surface area contributed by atoms with E-state index in [4.69, 9.17) is 11.6 Å². The minimum Gasteiger partial charge on any atom is -0.281 e. The molecule has 0 aliphatic heterocycles. The number of hydrogen-bond acceptors (Lipinski definition) is 1. The summed E-state index contributed by atoms with van der Waals surface area (Å²) < 4.78 is 0. The SMILES string of the molecule is O=C(Cl)CCCCCCCCCCCCCCCBr. The zero-order chi connectivity index (χ0) is 14.2. The Hall–Kier alpha value is 0.440. The quantitative estimate of drug-likeness (QED) is 0.184. The molecule has 19 heavy (non-hydrogen) atoms. The normalized spacial score (nSPS) is 10.8. The van der Waals surface area contributed by atoms with E-state index in [1.165, 1.54) is 70.6 Å². The number of rotatable bonds is 15. The molecule has 0 bridgehead atoms. The van der Waals surface area contributed by atoms with Crippen LogP contribution in [0.1, 0.15) is 89.9 Å². The Labute approximate surface area is 133 Å². The van der Waals surface area contributed by atoms with Crippen molar-refractivity contribution in [2.75, 3.05) is 5.33 Å². The van der Waals surface area contributed by atoms with E-state index in [-0.39, 0.29) is 5.24 Å². The first-order valence-corrected chi connectivity index (χ1v) is 9.51. The Bertz CT molecular complexity index is 197. The van der Waals surface area contributed by atoms with E-state index in [9.17, 15) is 4.79 Å². The van der Waals surface area contributed by atoms with Crippen LogP contribution < -0.4 is 0 Å². The molecule has 0 aromatic carbocycles. The fourth-order valence-electron chi connectivity index (χ4n) is 2.30. The first-order chi connectivity index (χ1) is 9.27. The second-order valence-corrected chi connectivity index (χ2v) is 6.60. The summed E-state index contributed by atoms with van der Waals surface area (Å²) in [6.07, 6.45) is 17.8. The maximum Gasteiger partial charge on any atom is 0.221 e. The van der Waals surface area contributed by atoms with Crippen LogP contribution in [-0.4, -0.2) is 10.6 Å². The Kier molecular flexibility index (Phi) is 16.9. The summed E-state index contributed by atoms with van der Waals surface area (Å²) in [5.41, 5.74) is 0. The number of halogens is 2. The number of carbonyl (C=O) groups is 1. The first-order valence-electron chi connectivity index (χ1n) is 8.01. The molecule has 0 aromatic rings. The van der Waals surface area contributed by atoms with Crippen molar-refractivity contribution in [3.63, 3.8) is 0 Å². The Morgan fingerprint density at radius 3 is 1.26 bits per heavy atom. The number of unbranched alkanes of at least 4 members (excludes halogenated alkanes) is 12. The van der Waals surface area contributed by atoms with Crippen LogP contribution in [0, 0.1) is 0 Å². The minimum atomic E-state index is -0.184. The van der Waals surface area contributed by atoms with E-state index in [2.05, 4.69) is 15.9 Å². The van der Waals surface area contributed by atoms with Gasteiger partial charge in [-0.05, 0) is 24.4 Å². The van der Waals surface area contributed by atoms with Crippen LogP contribution >= 0.6 is 27.5 Å². The molecule has 0 rings (SSSR count). The minimum absolute atomic E-state index is 0.184. The zero-order valence-electron chi connectivity index (χ0n) is 12.3. The van der Waals surface area contributed by atoms with Crippen LogP contribution in [0.4, 0.5) is 0 Å². The molecule has 0 spiro atoms. The molecule has 0 aromatic heterocycles. The van der Waals surface area contributed by atoms with E-state index in [0.29, 0.717) is 6.42 Å². The van der Waals surface area contributed by atoms with E-state index < -0.39 is 0 Å². The van der Waals surface area contributed by atoms with Crippen LogP contribution in [-0.2, 0) is 4.79 Å². The van der Waals surface area contributed by atoms with Gasteiger partial charge in [0.1, 0.15) is 0 Å². The second-order valence-electron chi connectivity index (χ2n) is 5.39. The van der Waals surface area contributed by atoms with E-state index >= 15 is 0 Å². The number of alkyl halides is 1. The van der Waals surface area contributed by atoms with Crippen LogP contribution in [0.25, 0.3) is 0 Å². The number of carbonyl (C=O) groups excluding carboxylic acids is 1. The van der Waals surface area contributed by atoms with Gasteiger partial charge in [-0.3, -0.25) is 4.79 Å². The van der Waals surface area contributed by atoms with Crippen LogP contribution in [0.2, 0.25) is 0 Å². The highest BCUT2D eigenvalue weighted by atomic mass is 79.9. The smallest absolute Gasteiger partial charge is 0.221 e. The largest absolute Gasteiger partial charge is 0.281 e. The Morgan fingerprint density at radius 2 is 0.947 bits per heavy atom. The molecule has 0 heterocycles. The molecule has 0 saturated heterocycles. The lowest BCUT2D eigenvalue weighted by atomic mass is 10.0. The van der Waals surface area contributed by atoms with Crippen LogP contribution in [0.5, 0.6) is 0 Å². The highest BCUT2D eigenvalue weighted by Gasteiger charge is 1.96. The molecule has 3 heteroatoms. The first kappa shape index (κ1) is 19.4. The number of hydrogen-bond donors (Lipinski definition) is 0. The maximum absolute atomic E-state index is 10.5. The van der Waals surface area contributed by atoms with Crippen molar-refractivity contribution in [3.8, 4) is 0 Å². The van der Waals surface area contributed by atoms with Crippen molar-refractivity contribution in [1.29, 1.82) is 0 Å². The van der Waals surface area contributed by atoms with Gasteiger partial charge in [-0.25, -0.2) is 0 Å². The summed E-state index contributed by atoms with van der Waals surface area (Å²) in [5, 5.41) is 0.975. The summed E-state index contributed by atoms with van der Waals surface area (Å²) in [7, 11) is 0. The fraction of sp³-hybridized carbons (Fsp3) is 0.938. The highest BCUT2D eigenvalue weighted by Crippen LogP contribution is 2.13. The predicted octanol–water partition coefficient (Wildman–Crippen LogP) is 6.61. The van der Waals surface area contributed by atoms with Gasteiger partial charge in [0.25, 0.3) is 0 Å². The van der Waals surface area contributed by atoms with Gasteiger partial charge < -0.3 is 0 Å². The van der Waals surface area contributed by atoms with Gasteiger partial charge in [-0.15, -0.1) is 0 Å². The van der Waals surface area contributed by atoms with Gasteiger partial charge in [0.05, 0.1) is 0 Å². The van der Waals surface area contributed by atoms with Crippen molar-refractivity contribution in [2.45, 2.75) is 89.9 Å². The van der Waals surface area contributed by atoms with Gasteiger partial charge in [-0.2, -0.15) is 0 Å². The summed E-state index contributed by atoms with van der Waals surface area (Å²) >= 11 is 8.75. The third kappa shape index (κ3) is 18.4. The summed E-state index contributed by atoms with van der Waals surface area (Å²) in [6, 6.07) is 0. The van der Waals surface area contributed by atoms with Crippen molar-refractivity contribution < 1.29 is 4.79 Å². The van der Waals surface area contributed by atoms with Gasteiger partial charge in [0, 0.05) is 11.8 Å². The zero-order valence-corrected chi connectivity index (χ0v) is 14.6. The monoisotopic (exact) mass is 352 g/mol. The molecule has 1 nitrogen and oxygen atoms in total. The standard InChI is InChI=1S/C16H30BrClO/c17-15-13-11-9-7-5-3-1-2-4-6-8-10-12-14-16(18)19/h1-15H2. The molecular weight excluding hydrogens is 324 g/mol. The van der Waals surface area contributed by atoms with Crippen molar-refractivity contribution >= 4 is 32.8 Å². The lowest BCUT2D eigenvalue weighted by Gasteiger charge is -2.02. The summed E-state index contributed by atoms with van der Waals surface area (Å²) in [5.74, 6) is 0. The third-order valence-corrected chi connectivity index (χ3v) is 4.26. The van der Waals surface area contributed by atoms with Crippen molar-refractivity contribution in [2.24, 2.45) is 0 Å². The molecule has 0 N–H and O–H groups in total. The fourth-order valence-corrected chi connectivity index (χ4v) is 2.83. The van der Waals surface area contributed by atoms with E-state index in [1.807, 2.05) is 0 Å². The maximum atomic E-state index is 10.5. The van der Waals surface area contributed by atoms with E-state index in [0.717, 1.165) is 18.2 Å². The lowest BCUT2D eigenvalue weighted by molar-refractivity contribution is -0.111. The molecule has 0 atom stereocenters. The summed E-state index contributed by atoms with van der Waals surface area (Å²) in [6.45, 7) is 0. The molecule has 0 radical (unpaired) electrons. The molecule has 0 saturated carbocycles. The molecule has 0 fully saturated rings. The van der Waals surface area contributed by atoms with Crippen LogP contribution in [0.3, 0.4) is 0 Å². The third-order valence-electron chi connectivity index (χ3n) is 3.51. The second kappa shape index (κ2) is 16.5. The highest BCUT2D eigenvalue weighted by molar-refractivity contribution is 9.09. The van der Waals surface area contributed by atoms with Gasteiger partial charge in [0.15, 0.2) is 0 Å². The molecule has 0 unspecified atom stereocenters. The van der Waals surface area contributed by atoms with E-state index in [1.54, 1.807) is 0 Å². The van der Waals surface area contributed by atoms with Crippen molar-refractivity contribution in [1.82, 2.24) is 0 Å². The topological polar surface area (TPSA) is 17.1 Å². The molecule has 0 aliphatic rings. The predicted molar refractivity (Wildman–Crippen MR) is 89.3 cm³/mol. The van der Waals surface area contributed by atoms with Crippen molar-refractivity contribution in [3.05, 3.63) is 0 Å². The Morgan fingerprint density at radius 1 is 0.632 bits per heavy atom. The van der Waals surface area contributed by atoms with Gasteiger partial charge in [0.2, 0.25) is 5.24 Å². The van der Waals surface area contributed by atoms with Gasteiger partial charge >= 0.3 is 0 Å². The molecule has 0 aliphatic carbocycles. The van der Waals surface area contributed by atoms with Gasteiger partial charge in [-0.1, -0.05) is 86.6 Å². The molecular formula is C16H30BrClO.